The maximum atomic E-state index is 4.96. The minimum Gasteiger partial charge on any atom is -0.359 e. The van der Waals surface area contributed by atoms with E-state index in [0.717, 1.165) is 5.69 Å². The van der Waals surface area contributed by atoms with Gasteiger partial charge in [-0.15, -0.1) is 0 Å². The summed E-state index contributed by atoms with van der Waals surface area (Å²) in [5.41, 5.74) is 3.52. The molecule has 0 aliphatic rings. The number of nitrogens with one attached hydrogen (secondary N) is 3. The molecule has 0 atom stereocenters. The molecule has 14 heavy (non-hydrogen) atoms. The van der Waals surface area contributed by atoms with Gasteiger partial charge in [0, 0.05) is 12.2 Å². The Morgan fingerprint density at radius 2 is 2.50 bits per heavy atom. The first-order valence-electron chi connectivity index (χ1n) is 4.27. The molecule has 1 heterocycles. The third kappa shape index (κ3) is 3.99. The van der Waals surface area contributed by atoms with Crippen LogP contribution in [-0.2, 0) is 0 Å². The van der Waals surface area contributed by atoms with Crippen LogP contribution in [0.4, 0.5) is 0 Å². The van der Waals surface area contributed by atoms with E-state index in [1.54, 1.807) is 12.4 Å². The van der Waals surface area contributed by atoms with Crippen molar-refractivity contribution < 1.29 is 0 Å². The maximum absolute atomic E-state index is 4.96. The third-order valence-electron chi connectivity index (χ3n) is 1.31. The molecule has 5 nitrogen and oxygen atoms in total. The molecule has 0 spiro atoms. The number of rotatable bonds is 3. The van der Waals surface area contributed by atoms with Gasteiger partial charge >= 0.3 is 0 Å². The lowest BCUT2D eigenvalue weighted by Gasteiger charge is -2.09. The molecule has 1 aromatic heterocycles. The fourth-order valence-electron chi connectivity index (χ4n) is 0.793. The first-order valence-corrected chi connectivity index (χ1v) is 4.68. The van der Waals surface area contributed by atoms with E-state index >= 15 is 0 Å². The standard InChI is InChI=1S/C8H13N5S/c1-6(2)11-8(14)13-10-5-7-3-4-9-12-7/h3-6H,1-2H3,(H,9,12)(H2,11,13,14)/b10-5-. The van der Waals surface area contributed by atoms with Gasteiger partial charge in [0.25, 0.3) is 0 Å². The van der Waals surface area contributed by atoms with Crippen molar-refractivity contribution in [3.8, 4) is 0 Å². The summed E-state index contributed by atoms with van der Waals surface area (Å²) in [5, 5.41) is 14.0. The summed E-state index contributed by atoms with van der Waals surface area (Å²) in [6, 6.07) is 2.11. The molecule has 0 aliphatic carbocycles. The number of thiocarbonyl (C=S) groups is 1. The second-order valence-electron chi connectivity index (χ2n) is 3.01. The number of aromatic nitrogens is 2. The van der Waals surface area contributed by atoms with Crippen LogP contribution in [0, 0.1) is 0 Å². The Labute approximate surface area is 88.0 Å². The van der Waals surface area contributed by atoms with Crippen LogP contribution >= 0.6 is 12.2 Å². The van der Waals surface area contributed by atoms with Gasteiger partial charge in [0.1, 0.15) is 0 Å². The van der Waals surface area contributed by atoms with Gasteiger partial charge in [-0.3, -0.25) is 10.5 Å². The molecule has 3 N–H and O–H groups in total. The Bertz CT molecular complexity index is 304. The van der Waals surface area contributed by atoms with E-state index in [4.69, 9.17) is 12.2 Å². The van der Waals surface area contributed by atoms with Crippen LogP contribution < -0.4 is 10.7 Å². The Balaban J connectivity index is 2.30. The zero-order valence-electron chi connectivity index (χ0n) is 8.11. The van der Waals surface area contributed by atoms with E-state index in [1.807, 2.05) is 19.9 Å². The number of aromatic amines is 1. The van der Waals surface area contributed by atoms with Gasteiger partial charge in [0.15, 0.2) is 5.11 Å². The van der Waals surface area contributed by atoms with Crippen molar-refractivity contribution in [2.75, 3.05) is 0 Å². The molecule has 0 bridgehead atoms. The largest absolute Gasteiger partial charge is 0.359 e. The highest BCUT2D eigenvalue weighted by atomic mass is 32.1. The molecule has 0 saturated heterocycles. The summed E-state index contributed by atoms with van der Waals surface area (Å²) in [7, 11) is 0. The van der Waals surface area contributed by atoms with Crippen LogP contribution in [-0.4, -0.2) is 27.6 Å². The molecule has 0 aromatic carbocycles. The molecule has 0 saturated carbocycles. The van der Waals surface area contributed by atoms with E-state index in [9.17, 15) is 0 Å². The van der Waals surface area contributed by atoms with Gasteiger partial charge < -0.3 is 5.32 Å². The summed E-state index contributed by atoms with van der Waals surface area (Å²) in [6.45, 7) is 4.01. The van der Waals surface area contributed by atoms with E-state index < -0.39 is 0 Å². The summed E-state index contributed by atoms with van der Waals surface area (Å²) in [6.07, 6.45) is 3.27. The first kappa shape index (κ1) is 10.6. The Kier molecular flexibility index (Phi) is 4.06. The van der Waals surface area contributed by atoms with Gasteiger partial charge in [0.05, 0.1) is 11.9 Å². The molecule has 76 valence electrons. The van der Waals surface area contributed by atoms with Crippen LogP contribution in [0.25, 0.3) is 0 Å². The summed E-state index contributed by atoms with van der Waals surface area (Å²) < 4.78 is 0. The topological polar surface area (TPSA) is 65.1 Å². The van der Waals surface area contributed by atoms with Crippen molar-refractivity contribution in [2.45, 2.75) is 19.9 Å². The molecule has 1 rings (SSSR count). The summed E-state index contributed by atoms with van der Waals surface area (Å²) in [5.74, 6) is 0. The quantitative estimate of drug-likeness (QED) is 0.389. The van der Waals surface area contributed by atoms with Crippen LogP contribution in [0.1, 0.15) is 19.5 Å². The van der Waals surface area contributed by atoms with Gasteiger partial charge in [-0.2, -0.15) is 10.2 Å². The van der Waals surface area contributed by atoms with Crippen molar-refractivity contribution in [1.82, 2.24) is 20.9 Å². The Hall–Kier alpha value is -1.43. The highest BCUT2D eigenvalue weighted by Crippen LogP contribution is 1.84. The monoisotopic (exact) mass is 211 g/mol. The zero-order chi connectivity index (χ0) is 10.4. The van der Waals surface area contributed by atoms with Crippen molar-refractivity contribution in [3.63, 3.8) is 0 Å². The number of hydrogen-bond acceptors (Lipinski definition) is 3. The summed E-state index contributed by atoms with van der Waals surface area (Å²) >= 11 is 4.96. The molecule has 1 aromatic rings. The second kappa shape index (κ2) is 5.33. The van der Waals surface area contributed by atoms with E-state index in [-0.39, 0.29) is 0 Å². The van der Waals surface area contributed by atoms with E-state index in [1.165, 1.54) is 0 Å². The minimum atomic E-state index is 0.303. The predicted octanol–water partition coefficient (Wildman–Crippen LogP) is 0.616. The highest BCUT2D eigenvalue weighted by molar-refractivity contribution is 7.80. The Morgan fingerprint density at radius 3 is 3.07 bits per heavy atom. The molecule has 0 radical (unpaired) electrons. The van der Waals surface area contributed by atoms with Gasteiger partial charge in [-0.25, -0.2) is 0 Å². The third-order valence-corrected chi connectivity index (χ3v) is 1.52. The smallest absolute Gasteiger partial charge is 0.187 e. The van der Waals surface area contributed by atoms with Gasteiger partial charge in [-0.05, 0) is 32.1 Å². The lowest BCUT2D eigenvalue weighted by molar-refractivity contribution is 0.719. The molecule has 0 fully saturated rings. The van der Waals surface area contributed by atoms with Crippen molar-refractivity contribution in [2.24, 2.45) is 5.10 Å². The Morgan fingerprint density at radius 1 is 1.71 bits per heavy atom. The second-order valence-corrected chi connectivity index (χ2v) is 3.42. The summed E-state index contributed by atoms with van der Waals surface area (Å²) in [4.78, 5) is 0. The number of H-pyrrole nitrogens is 1. The first-order chi connectivity index (χ1) is 6.68. The molecular formula is C8H13N5S. The number of hydrazone groups is 1. The van der Waals surface area contributed by atoms with Crippen molar-refractivity contribution >= 4 is 23.5 Å². The molecule has 0 aliphatic heterocycles. The molecule has 0 unspecified atom stereocenters. The van der Waals surface area contributed by atoms with Crippen molar-refractivity contribution in [1.29, 1.82) is 0 Å². The lowest BCUT2D eigenvalue weighted by atomic mass is 10.4. The van der Waals surface area contributed by atoms with Crippen LogP contribution in [0.3, 0.4) is 0 Å². The average molecular weight is 211 g/mol. The normalized spacial score (nSPS) is 10.8. The SMILES string of the molecule is CC(C)NC(=S)N/N=C\c1ccn[nH]1. The molecular weight excluding hydrogens is 198 g/mol. The average Bonchev–Trinajstić information content (AvgIpc) is 2.55. The van der Waals surface area contributed by atoms with Crippen molar-refractivity contribution in [3.05, 3.63) is 18.0 Å². The highest BCUT2D eigenvalue weighted by Gasteiger charge is 1.94. The zero-order valence-corrected chi connectivity index (χ0v) is 8.93. The minimum absolute atomic E-state index is 0.303. The maximum Gasteiger partial charge on any atom is 0.187 e. The number of nitrogens with zero attached hydrogens (tertiary/aromatic N) is 2. The number of hydrogen-bond donors (Lipinski definition) is 3. The van der Waals surface area contributed by atoms with E-state index in [0.29, 0.717) is 11.2 Å². The lowest BCUT2D eigenvalue weighted by Crippen LogP contribution is -2.36. The molecule has 6 heteroatoms. The fraction of sp³-hybridized carbons (Fsp3) is 0.375. The van der Waals surface area contributed by atoms with Gasteiger partial charge in [0.2, 0.25) is 0 Å². The van der Waals surface area contributed by atoms with Crippen LogP contribution in [0.2, 0.25) is 0 Å². The van der Waals surface area contributed by atoms with Crippen LogP contribution in [0.5, 0.6) is 0 Å². The van der Waals surface area contributed by atoms with Gasteiger partial charge in [-0.1, -0.05) is 0 Å². The molecule has 0 amide bonds. The predicted molar refractivity (Wildman–Crippen MR) is 60.2 cm³/mol. The van der Waals surface area contributed by atoms with E-state index in [2.05, 4.69) is 26.0 Å². The fourth-order valence-corrected chi connectivity index (χ4v) is 1.08. The van der Waals surface area contributed by atoms with Crippen LogP contribution in [0.15, 0.2) is 17.4 Å².